The SMILES string of the molecule is N#CCN(CC#N)C(=O)c1nonc1N. The minimum Gasteiger partial charge on any atom is -0.379 e. The third kappa shape index (κ3) is 2.19. The molecule has 0 aliphatic heterocycles. The first-order chi connectivity index (χ1) is 7.20. The van der Waals surface area contributed by atoms with Crippen molar-refractivity contribution < 1.29 is 9.42 Å². The second kappa shape index (κ2) is 4.58. The van der Waals surface area contributed by atoms with Crippen molar-refractivity contribution in [1.29, 1.82) is 10.5 Å². The van der Waals surface area contributed by atoms with Gasteiger partial charge in [0.1, 0.15) is 13.1 Å². The fourth-order valence-electron chi connectivity index (χ4n) is 0.864. The second-order valence-corrected chi connectivity index (χ2v) is 2.48. The zero-order valence-electron chi connectivity index (χ0n) is 7.54. The van der Waals surface area contributed by atoms with E-state index in [9.17, 15) is 4.79 Å². The second-order valence-electron chi connectivity index (χ2n) is 2.48. The van der Waals surface area contributed by atoms with E-state index in [0.29, 0.717) is 0 Å². The summed E-state index contributed by atoms with van der Waals surface area (Å²) in [5.41, 5.74) is 5.10. The van der Waals surface area contributed by atoms with Crippen molar-refractivity contribution in [1.82, 2.24) is 15.2 Å². The predicted octanol–water partition coefficient (Wildman–Crippen LogP) is -0.859. The minimum atomic E-state index is -0.656. The normalized spacial score (nSPS) is 8.93. The molecule has 1 amide bonds. The van der Waals surface area contributed by atoms with Crippen molar-refractivity contribution >= 4 is 11.7 Å². The van der Waals surface area contributed by atoms with Crippen LogP contribution in [0.15, 0.2) is 4.63 Å². The van der Waals surface area contributed by atoms with E-state index in [2.05, 4.69) is 14.9 Å². The van der Waals surface area contributed by atoms with Crippen LogP contribution in [-0.4, -0.2) is 34.2 Å². The molecule has 0 unspecified atom stereocenters. The monoisotopic (exact) mass is 206 g/mol. The van der Waals surface area contributed by atoms with Crippen LogP contribution in [0.2, 0.25) is 0 Å². The number of hydrogen-bond donors (Lipinski definition) is 1. The molecule has 0 aromatic carbocycles. The lowest BCUT2D eigenvalue weighted by atomic mass is 10.3. The molecule has 1 aromatic heterocycles. The number of rotatable bonds is 3. The van der Waals surface area contributed by atoms with Crippen molar-refractivity contribution in [2.75, 3.05) is 18.8 Å². The molecule has 8 heteroatoms. The number of nitrogen functional groups attached to an aromatic ring is 1. The fourth-order valence-corrected chi connectivity index (χ4v) is 0.864. The molecule has 1 rings (SSSR count). The molecule has 8 nitrogen and oxygen atoms in total. The molecule has 76 valence electrons. The van der Waals surface area contributed by atoms with Gasteiger partial charge in [0.2, 0.25) is 11.5 Å². The van der Waals surface area contributed by atoms with Gasteiger partial charge in [-0.3, -0.25) is 4.79 Å². The maximum Gasteiger partial charge on any atom is 0.281 e. The standard InChI is InChI=1S/C7H6N6O2/c8-1-3-13(4-2-9)7(14)5-6(10)12-15-11-5/h3-4H2,(H2,10,12). The predicted molar refractivity (Wildman–Crippen MR) is 45.8 cm³/mol. The Kier molecular flexibility index (Phi) is 3.20. The molecule has 0 bridgehead atoms. The first-order valence-corrected chi connectivity index (χ1v) is 3.82. The molecule has 0 saturated carbocycles. The average Bonchev–Trinajstić information content (AvgIpc) is 2.63. The summed E-state index contributed by atoms with van der Waals surface area (Å²) in [6.07, 6.45) is 0. The van der Waals surface area contributed by atoms with Crippen molar-refractivity contribution in [3.63, 3.8) is 0 Å². The van der Waals surface area contributed by atoms with E-state index in [1.807, 2.05) is 0 Å². The van der Waals surface area contributed by atoms with Crippen molar-refractivity contribution in [3.05, 3.63) is 5.69 Å². The lowest BCUT2D eigenvalue weighted by Gasteiger charge is -2.13. The molecular weight excluding hydrogens is 200 g/mol. The third-order valence-corrected chi connectivity index (χ3v) is 1.53. The molecule has 0 aliphatic rings. The fraction of sp³-hybridized carbons (Fsp3) is 0.286. The molecule has 0 atom stereocenters. The summed E-state index contributed by atoms with van der Waals surface area (Å²) in [7, 11) is 0. The van der Waals surface area contributed by atoms with E-state index in [0.717, 1.165) is 4.90 Å². The lowest BCUT2D eigenvalue weighted by molar-refractivity contribution is 0.0784. The molecule has 0 aliphatic carbocycles. The van der Waals surface area contributed by atoms with Crippen LogP contribution in [0, 0.1) is 22.7 Å². The zero-order chi connectivity index (χ0) is 11.3. The number of carbonyl (C=O) groups excluding carboxylic acids is 1. The zero-order valence-corrected chi connectivity index (χ0v) is 7.54. The van der Waals surface area contributed by atoms with Crippen LogP contribution in [-0.2, 0) is 0 Å². The van der Waals surface area contributed by atoms with Gasteiger partial charge >= 0.3 is 0 Å². The minimum absolute atomic E-state index is 0.166. The Morgan fingerprint density at radius 3 is 2.40 bits per heavy atom. The van der Waals surface area contributed by atoms with Gasteiger partial charge in [0, 0.05) is 0 Å². The van der Waals surface area contributed by atoms with E-state index in [-0.39, 0.29) is 24.6 Å². The molecule has 1 heterocycles. The Bertz CT molecular complexity index is 423. The topological polar surface area (TPSA) is 133 Å². The number of nitrogens with zero attached hydrogens (tertiary/aromatic N) is 5. The largest absolute Gasteiger partial charge is 0.379 e. The van der Waals surface area contributed by atoms with E-state index < -0.39 is 5.91 Å². The molecule has 0 saturated heterocycles. The summed E-state index contributed by atoms with van der Waals surface area (Å²) < 4.78 is 4.23. The van der Waals surface area contributed by atoms with Crippen LogP contribution in [0.4, 0.5) is 5.82 Å². The van der Waals surface area contributed by atoms with Gasteiger partial charge in [-0.1, -0.05) is 0 Å². The molecule has 15 heavy (non-hydrogen) atoms. The van der Waals surface area contributed by atoms with E-state index in [1.165, 1.54) is 0 Å². The highest BCUT2D eigenvalue weighted by atomic mass is 16.6. The van der Waals surface area contributed by atoms with Crippen LogP contribution in [0.3, 0.4) is 0 Å². The van der Waals surface area contributed by atoms with Gasteiger partial charge in [-0.15, -0.1) is 0 Å². The first-order valence-electron chi connectivity index (χ1n) is 3.82. The Hall–Kier alpha value is -2.61. The van der Waals surface area contributed by atoms with Crippen molar-refractivity contribution in [2.24, 2.45) is 0 Å². The number of hydrogen-bond acceptors (Lipinski definition) is 7. The molecule has 0 spiro atoms. The van der Waals surface area contributed by atoms with Gasteiger partial charge in [-0.2, -0.15) is 10.5 Å². The molecule has 1 aromatic rings. The number of carbonyl (C=O) groups is 1. The maximum atomic E-state index is 11.6. The van der Waals surface area contributed by atoms with Gasteiger partial charge < -0.3 is 10.6 Å². The van der Waals surface area contributed by atoms with Crippen molar-refractivity contribution in [3.8, 4) is 12.1 Å². The number of nitrogens with two attached hydrogens (primary N) is 1. The first kappa shape index (κ1) is 10.5. The summed E-state index contributed by atoms with van der Waals surface area (Å²) in [4.78, 5) is 12.6. The van der Waals surface area contributed by atoms with Crippen LogP contribution in [0.25, 0.3) is 0 Å². The van der Waals surface area contributed by atoms with Crippen LogP contribution in [0.1, 0.15) is 10.5 Å². The summed E-state index contributed by atoms with van der Waals surface area (Å²) >= 11 is 0. The lowest BCUT2D eigenvalue weighted by Crippen LogP contribution is -2.32. The summed E-state index contributed by atoms with van der Waals surface area (Å²) in [5.74, 6) is -0.822. The number of aromatic nitrogens is 2. The summed E-state index contributed by atoms with van der Waals surface area (Å²) in [5, 5.41) is 23.4. The van der Waals surface area contributed by atoms with Gasteiger partial charge in [0.05, 0.1) is 12.1 Å². The van der Waals surface area contributed by atoms with Crippen LogP contribution in [0.5, 0.6) is 0 Å². The summed E-state index contributed by atoms with van der Waals surface area (Å²) in [6.45, 7) is -0.447. The summed E-state index contributed by atoms with van der Waals surface area (Å²) in [6, 6.07) is 3.50. The smallest absolute Gasteiger partial charge is 0.281 e. The molecule has 0 radical (unpaired) electrons. The molecule has 2 N–H and O–H groups in total. The van der Waals surface area contributed by atoms with E-state index in [1.54, 1.807) is 12.1 Å². The highest BCUT2D eigenvalue weighted by Crippen LogP contribution is 2.07. The Labute approximate surface area is 84.4 Å². The van der Waals surface area contributed by atoms with E-state index >= 15 is 0 Å². The van der Waals surface area contributed by atoms with Crippen LogP contribution < -0.4 is 5.73 Å². The number of anilines is 1. The number of amides is 1. The number of nitriles is 2. The van der Waals surface area contributed by atoms with Gasteiger partial charge in [0.25, 0.3) is 5.91 Å². The molecule has 0 fully saturated rings. The Morgan fingerprint density at radius 1 is 1.40 bits per heavy atom. The quantitative estimate of drug-likeness (QED) is 0.636. The van der Waals surface area contributed by atoms with E-state index in [4.69, 9.17) is 16.3 Å². The third-order valence-electron chi connectivity index (χ3n) is 1.53. The van der Waals surface area contributed by atoms with Crippen molar-refractivity contribution in [2.45, 2.75) is 0 Å². The van der Waals surface area contributed by atoms with Crippen LogP contribution >= 0.6 is 0 Å². The Balaban J connectivity index is 2.87. The van der Waals surface area contributed by atoms with Gasteiger partial charge in [-0.25, -0.2) is 4.63 Å². The van der Waals surface area contributed by atoms with Gasteiger partial charge in [0.15, 0.2) is 0 Å². The maximum absolute atomic E-state index is 11.6. The molecular formula is C7H6N6O2. The average molecular weight is 206 g/mol. The Morgan fingerprint density at radius 2 is 2.00 bits per heavy atom. The van der Waals surface area contributed by atoms with Gasteiger partial charge in [-0.05, 0) is 10.3 Å². The highest BCUT2D eigenvalue weighted by molar-refractivity contribution is 5.96. The highest BCUT2D eigenvalue weighted by Gasteiger charge is 2.22.